The van der Waals surface area contributed by atoms with E-state index in [9.17, 15) is 9.59 Å². The van der Waals surface area contributed by atoms with Gasteiger partial charge in [-0.15, -0.1) is 0 Å². The minimum Gasteiger partial charge on any atom is -0.465 e. The lowest BCUT2D eigenvalue weighted by Crippen LogP contribution is -2.35. The number of esters is 1. The molecule has 0 aliphatic rings. The van der Waals surface area contributed by atoms with Gasteiger partial charge in [0.25, 0.3) is 0 Å². The molecule has 1 amide bonds. The van der Waals surface area contributed by atoms with E-state index >= 15 is 0 Å². The number of nitrogens with zero attached hydrogens (tertiary/aromatic N) is 1. The Kier molecular flexibility index (Phi) is 61.1. The van der Waals surface area contributed by atoms with Gasteiger partial charge in [-0.1, -0.05) is 342 Å². The van der Waals surface area contributed by atoms with E-state index < -0.39 is 0 Å². The summed E-state index contributed by atoms with van der Waals surface area (Å²) in [4.78, 5) is 29.5. The minimum absolute atomic E-state index is 0.114. The molecule has 428 valence electrons. The zero-order valence-corrected chi connectivity index (χ0v) is 50.1. The Bertz CT molecular complexity index is 1060. The first-order valence-electron chi connectivity index (χ1n) is 33.7. The molecule has 0 heterocycles. The minimum atomic E-state index is -0.291. The monoisotopic (exact) mass is 1010 g/mol. The molecular weight excluding hydrogens is 879 g/mol. The summed E-state index contributed by atoms with van der Waals surface area (Å²) in [5.74, 6) is -0.216. The van der Waals surface area contributed by atoms with Gasteiger partial charge in [0.1, 0.15) is 0 Å². The third kappa shape index (κ3) is 54.9. The van der Waals surface area contributed by atoms with Gasteiger partial charge in [-0.3, -0.25) is 9.59 Å². The summed E-state index contributed by atoms with van der Waals surface area (Å²) in [5.41, 5.74) is 0. The van der Waals surface area contributed by atoms with Crippen LogP contribution in [0.5, 0.6) is 0 Å². The Morgan fingerprint density at radius 3 is 0.875 bits per heavy atom. The first-order valence-corrected chi connectivity index (χ1v) is 33.7. The van der Waals surface area contributed by atoms with Crippen LogP contribution in [0.1, 0.15) is 387 Å². The maximum absolute atomic E-state index is 13.9. The first kappa shape index (κ1) is 70.7. The highest BCUT2D eigenvalue weighted by molar-refractivity contribution is 5.83. The van der Waals surface area contributed by atoms with Crippen LogP contribution in [0.25, 0.3) is 0 Å². The van der Waals surface area contributed by atoms with Crippen molar-refractivity contribution < 1.29 is 14.3 Å². The molecule has 0 aromatic heterocycles. The van der Waals surface area contributed by atoms with Crippen LogP contribution in [0.4, 0.5) is 0 Å². The molecule has 0 spiro atoms. The normalized spacial score (nSPS) is 12.1. The van der Waals surface area contributed by atoms with E-state index in [0.717, 1.165) is 58.0 Å². The van der Waals surface area contributed by atoms with Crippen molar-refractivity contribution in [2.45, 2.75) is 387 Å². The van der Waals surface area contributed by atoms with Crippen molar-refractivity contribution in [2.24, 2.45) is 5.92 Å². The number of ether oxygens (including phenoxy) is 1. The SMILES string of the molecule is CCCCCCCCCC/C=C/CCCCCCCCCCCCCCCCCCCCCCCCCCCCC(CC(=O)N(CCCCCCCC)CCCCCCCC)C(=O)OCCCCCCCC. The number of unbranched alkanes of at least 4 members (excludes halogenated alkanes) is 49. The Balaban J connectivity index is 4.01. The number of rotatable bonds is 62. The second-order valence-corrected chi connectivity index (χ2v) is 23.3. The van der Waals surface area contributed by atoms with Gasteiger partial charge in [0.05, 0.1) is 12.5 Å². The average molecular weight is 1010 g/mol. The molecule has 0 aromatic rings. The van der Waals surface area contributed by atoms with Gasteiger partial charge in [-0.2, -0.15) is 0 Å². The van der Waals surface area contributed by atoms with Crippen LogP contribution in [-0.2, 0) is 14.3 Å². The number of carbonyl (C=O) groups is 2. The second kappa shape index (κ2) is 62.2. The third-order valence-corrected chi connectivity index (χ3v) is 16.0. The van der Waals surface area contributed by atoms with Crippen molar-refractivity contribution in [1.29, 1.82) is 0 Å². The van der Waals surface area contributed by atoms with E-state index in [2.05, 4.69) is 44.7 Å². The molecule has 0 aromatic carbocycles. The van der Waals surface area contributed by atoms with Crippen molar-refractivity contribution in [3.63, 3.8) is 0 Å². The summed E-state index contributed by atoms with van der Waals surface area (Å²) >= 11 is 0. The van der Waals surface area contributed by atoms with Gasteiger partial charge in [0, 0.05) is 19.5 Å². The highest BCUT2D eigenvalue weighted by Crippen LogP contribution is 2.22. The maximum atomic E-state index is 13.9. The third-order valence-electron chi connectivity index (χ3n) is 16.0. The van der Waals surface area contributed by atoms with Crippen molar-refractivity contribution in [3.8, 4) is 0 Å². The lowest BCUT2D eigenvalue weighted by Gasteiger charge is -2.25. The molecule has 0 radical (unpaired) electrons. The Hall–Kier alpha value is -1.32. The Labute approximate surface area is 454 Å². The summed E-state index contributed by atoms with van der Waals surface area (Å²) in [6.07, 6.45) is 78.2. The van der Waals surface area contributed by atoms with Crippen molar-refractivity contribution in [2.75, 3.05) is 19.7 Å². The average Bonchev–Trinajstić information content (AvgIpc) is 3.38. The molecule has 0 saturated carbocycles. The number of allylic oxidation sites excluding steroid dienone is 2. The number of hydrogen-bond donors (Lipinski definition) is 0. The van der Waals surface area contributed by atoms with Gasteiger partial charge in [-0.25, -0.2) is 0 Å². The van der Waals surface area contributed by atoms with Gasteiger partial charge >= 0.3 is 5.97 Å². The molecule has 0 rings (SSSR count). The van der Waals surface area contributed by atoms with E-state index in [-0.39, 0.29) is 17.8 Å². The van der Waals surface area contributed by atoms with Crippen LogP contribution >= 0.6 is 0 Å². The number of carbonyl (C=O) groups excluding carboxylic acids is 2. The zero-order valence-electron chi connectivity index (χ0n) is 50.1. The summed E-state index contributed by atoms with van der Waals surface area (Å²) in [6.45, 7) is 11.3. The predicted octanol–water partition coefficient (Wildman–Crippen LogP) is 23.5. The molecule has 0 saturated heterocycles. The van der Waals surface area contributed by atoms with Crippen LogP contribution in [0, 0.1) is 5.92 Å². The summed E-state index contributed by atoms with van der Waals surface area (Å²) in [5, 5.41) is 0. The molecule has 72 heavy (non-hydrogen) atoms. The first-order chi connectivity index (χ1) is 35.6. The lowest BCUT2D eigenvalue weighted by atomic mass is 9.96. The van der Waals surface area contributed by atoms with E-state index in [1.807, 2.05) is 0 Å². The summed E-state index contributed by atoms with van der Waals surface area (Å²) in [7, 11) is 0. The van der Waals surface area contributed by atoms with Crippen LogP contribution in [0.3, 0.4) is 0 Å². The van der Waals surface area contributed by atoms with Crippen LogP contribution in [-0.4, -0.2) is 36.5 Å². The van der Waals surface area contributed by atoms with E-state index in [0.29, 0.717) is 13.0 Å². The summed E-state index contributed by atoms with van der Waals surface area (Å²) in [6, 6.07) is 0. The standard InChI is InChI=1S/C68H133NO3/c1-5-9-13-17-21-22-23-24-25-26-27-28-29-30-31-32-33-34-35-36-37-38-39-40-41-42-43-44-45-46-47-48-49-50-51-52-53-57-61-66(68(71)72-64-60-56-20-16-12-8-4)65-67(70)69(62-58-54-18-14-10-6-2)63-59-55-19-15-11-7-3/h26-27,66H,5-25,28-65H2,1-4H3/b27-26+. The van der Waals surface area contributed by atoms with Gasteiger partial charge < -0.3 is 9.64 Å². The van der Waals surface area contributed by atoms with Crippen molar-refractivity contribution >= 4 is 11.9 Å². The van der Waals surface area contributed by atoms with Crippen molar-refractivity contribution in [3.05, 3.63) is 12.2 Å². The topological polar surface area (TPSA) is 46.6 Å². The molecule has 1 atom stereocenters. The molecule has 0 bridgehead atoms. The van der Waals surface area contributed by atoms with Gasteiger partial charge in [0.15, 0.2) is 0 Å². The maximum Gasteiger partial charge on any atom is 0.309 e. The molecule has 1 unspecified atom stereocenters. The molecule has 4 heteroatoms. The molecular formula is C68H133NO3. The van der Waals surface area contributed by atoms with Crippen LogP contribution in [0.2, 0.25) is 0 Å². The van der Waals surface area contributed by atoms with Gasteiger partial charge in [0.2, 0.25) is 5.91 Å². The largest absolute Gasteiger partial charge is 0.465 e. The van der Waals surface area contributed by atoms with E-state index in [1.54, 1.807) is 0 Å². The number of amides is 1. The molecule has 0 aliphatic heterocycles. The lowest BCUT2D eigenvalue weighted by molar-refractivity contribution is -0.152. The smallest absolute Gasteiger partial charge is 0.309 e. The fraction of sp³-hybridized carbons (Fsp3) is 0.941. The quantitative estimate of drug-likeness (QED) is 0.0346. The number of hydrogen-bond acceptors (Lipinski definition) is 3. The fourth-order valence-electron chi connectivity index (χ4n) is 10.9. The molecule has 0 aliphatic carbocycles. The summed E-state index contributed by atoms with van der Waals surface area (Å²) < 4.78 is 5.88. The van der Waals surface area contributed by atoms with E-state index in [4.69, 9.17) is 4.74 Å². The Morgan fingerprint density at radius 2 is 0.569 bits per heavy atom. The predicted molar refractivity (Wildman–Crippen MR) is 321 cm³/mol. The van der Waals surface area contributed by atoms with Crippen molar-refractivity contribution in [1.82, 2.24) is 4.90 Å². The molecule has 0 N–H and O–H groups in total. The van der Waals surface area contributed by atoms with Gasteiger partial charge in [-0.05, 0) is 51.4 Å². The van der Waals surface area contributed by atoms with E-state index in [1.165, 1.54) is 308 Å². The van der Waals surface area contributed by atoms with Crippen LogP contribution in [0.15, 0.2) is 12.2 Å². The van der Waals surface area contributed by atoms with Crippen LogP contribution < -0.4 is 0 Å². The molecule has 0 fully saturated rings. The fourth-order valence-corrected chi connectivity index (χ4v) is 10.9. The second-order valence-electron chi connectivity index (χ2n) is 23.3. The Morgan fingerprint density at radius 1 is 0.319 bits per heavy atom. The highest BCUT2D eigenvalue weighted by atomic mass is 16.5. The zero-order chi connectivity index (χ0) is 52.2. The highest BCUT2D eigenvalue weighted by Gasteiger charge is 2.26. The molecule has 4 nitrogen and oxygen atoms in total.